The van der Waals surface area contributed by atoms with Crippen molar-refractivity contribution < 1.29 is 28.5 Å². The molecule has 0 aliphatic carbocycles. The fraction of sp³-hybridized carbons (Fsp3) is 0.857. The number of hydrogen-bond donors (Lipinski definition) is 0. The van der Waals surface area contributed by atoms with E-state index in [9.17, 15) is 9.59 Å². The van der Waals surface area contributed by atoms with Gasteiger partial charge >= 0.3 is 11.9 Å². The third-order valence-electron chi connectivity index (χ3n) is 3.14. The molecule has 0 aromatic heterocycles. The van der Waals surface area contributed by atoms with Crippen LogP contribution >= 0.6 is 0 Å². The summed E-state index contributed by atoms with van der Waals surface area (Å²) in [6.45, 7) is 1.09. The first-order valence-corrected chi connectivity index (χ1v) is 7.36. The predicted octanol–water partition coefficient (Wildman–Crippen LogP) is 1.91. The summed E-state index contributed by atoms with van der Waals surface area (Å²) in [6.07, 6.45) is 6.27. The highest BCUT2D eigenvalue weighted by Crippen LogP contribution is 2.15. The van der Waals surface area contributed by atoms with Crippen molar-refractivity contribution in [2.75, 3.05) is 13.2 Å². The normalized spacial score (nSPS) is 23.2. The minimum absolute atomic E-state index is 0.169. The van der Waals surface area contributed by atoms with Crippen LogP contribution in [0.4, 0.5) is 0 Å². The van der Waals surface area contributed by atoms with Gasteiger partial charge in [0.2, 0.25) is 12.6 Å². The Kier molecular flexibility index (Phi) is 6.26. The van der Waals surface area contributed by atoms with Crippen LogP contribution in [0, 0.1) is 0 Å². The van der Waals surface area contributed by atoms with E-state index in [0.717, 1.165) is 38.5 Å². The topological polar surface area (TPSA) is 77.7 Å². The number of unbranched alkanes of at least 4 members (excludes halogenated alkanes) is 5. The van der Waals surface area contributed by atoms with Crippen molar-refractivity contribution in [3.05, 3.63) is 0 Å². The number of hydrogen-bond acceptors (Lipinski definition) is 6. The van der Waals surface area contributed by atoms with Crippen LogP contribution in [-0.4, -0.2) is 37.7 Å². The average molecular weight is 286 g/mol. The Morgan fingerprint density at radius 1 is 0.750 bits per heavy atom. The minimum Gasteiger partial charge on any atom is -0.433 e. The van der Waals surface area contributed by atoms with Gasteiger partial charge in [0.05, 0.1) is 0 Å². The molecule has 2 unspecified atom stereocenters. The van der Waals surface area contributed by atoms with Gasteiger partial charge in [0, 0.05) is 12.8 Å². The zero-order valence-corrected chi connectivity index (χ0v) is 11.7. The van der Waals surface area contributed by atoms with Crippen LogP contribution in [-0.2, 0) is 28.5 Å². The van der Waals surface area contributed by atoms with E-state index in [2.05, 4.69) is 0 Å². The zero-order chi connectivity index (χ0) is 14.2. The molecule has 6 nitrogen and oxygen atoms in total. The molecule has 0 amide bonds. The smallest absolute Gasteiger partial charge is 0.308 e. The summed E-state index contributed by atoms with van der Waals surface area (Å²) in [7, 11) is 0. The van der Waals surface area contributed by atoms with Crippen LogP contribution in [0.2, 0.25) is 0 Å². The van der Waals surface area contributed by atoms with Crippen molar-refractivity contribution in [3.8, 4) is 0 Å². The summed E-state index contributed by atoms with van der Waals surface area (Å²) < 4.78 is 19.5. The Morgan fingerprint density at radius 3 is 1.45 bits per heavy atom. The predicted molar refractivity (Wildman–Crippen MR) is 68.6 cm³/mol. The van der Waals surface area contributed by atoms with Crippen LogP contribution < -0.4 is 0 Å². The van der Waals surface area contributed by atoms with Crippen molar-refractivity contribution in [1.82, 2.24) is 0 Å². The lowest BCUT2D eigenvalue weighted by Crippen LogP contribution is -2.06. The number of carbonyl (C=O) groups is 2. The van der Waals surface area contributed by atoms with E-state index >= 15 is 0 Å². The molecule has 2 aliphatic rings. The molecule has 0 spiro atoms. The minimum atomic E-state index is -0.275. The maximum absolute atomic E-state index is 11.2. The monoisotopic (exact) mass is 286 g/mol. The lowest BCUT2D eigenvalue weighted by molar-refractivity contribution is -0.149. The largest absolute Gasteiger partial charge is 0.433 e. The standard InChI is InChI=1S/C14H22O6/c15-11(19-13-9-17-13)7-5-3-1-2-4-6-8-12(16)20-14-10-18-14/h13-14H,1-10H2. The van der Waals surface area contributed by atoms with Crippen molar-refractivity contribution in [1.29, 1.82) is 0 Å². The Labute approximate surface area is 118 Å². The molecule has 2 rings (SSSR count). The van der Waals surface area contributed by atoms with E-state index in [4.69, 9.17) is 18.9 Å². The molecule has 2 atom stereocenters. The highest BCUT2D eigenvalue weighted by atomic mass is 16.8. The van der Waals surface area contributed by atoms with Crippen LogP contribution in [0.5, 0.6) is 0 Å². The van der Waals surface area contributed by atoms with Gasteiger partial charge in [-0.25, -0.2) is 0 Å². The first-order chi connectivity index (χ1) is 9.74. The van der Waals surface area contributed by atoms with Gasteiger partial charge in [-0.3, -0.25) is 9.59 Å². The molecule has 2 saturated heterocycles. The molecule has 2 aliphatic heterocycles. The van der Waals surface area contributed by atoms with E-state index in [1.807, 2.05) is 0 Å². The van der Waals surface area contributed by atoms with Gasteiger partial charge in [0.15, 0.2) is 0 Å². The van der Waals surface area contributed by atoms with Crippen LogP contribution in [0.15, 0.2) is 0 Å². The first kappa shape index (κ1) is 15.3. The van der Waals surface area contributed by atoms with Gasteiger partial charge in [-0.05, 0) is 12.8 Å². The molecule has 0 bridgehead atoms. The van der Waals surface area contributed by atoms with E-state index in [1.165, 1.54) is 0 Å². The maximum atomic E-state index is 11.2. The zero-order valence-electron chi connectivity index (χ0n) is 11.7. The summed E-state index contributed by atoms with van der Waals surface area (Å²) in [5.74, 6) is -0.338. The molecule has 2 fully saturated rings. The second kappa shape index (κ2) is 8.21. The fourth-order valence-corrected chi connectivity index (χ4v) is 1.87. The number of carbonyl (C=O) groups excluding carboxylic acids is 2. The molecule has 20 heavy (non-hydrogen) atoms. The van der Waals surface area contributed by atoms with Crippen LogP contribution in [0.3, 0.4) is 0 Å². The van der Waals surface area contributed by atoms with Gasteiger partial charge in [0.1, 0.15) is 13.2 Å². The number of epoxide rings is 2. The van der Waals surface area contributed by atoms with Gasteiger partial charge in [-0.1, -0.05) is 25.7 Å². The highest BCUT2D eigenvalue weighted by molar-refractivity contribution is 5.69. The molecule has 0 N–H and O–H groups in total. The third-order valence-corrected chi connectivity index (χ3v) is 3.14. The fourth-order valence-electron chi connectivity index (χ4n) is 1.87. The summed E-state index contributed by atoms with van der Waals surface area (Å²) in [6, 6.07) is 0. The summed E-state index contributed by atoms with van der Waals surface area (Å²) in [5, 5.41) is 0. The molecule has 0 radical (unpaired) electrons. The van der Waals surface area contributed by atoms with Gasteiger partial charge in [-0.2, -0.15) is 0 Å². The average Bonchev–Trinajstić information content (AvgIpc) is 3.29. The van der Waals surface area contributed by atoms with Crippen LogP contribution in [0.1, 0.15) is 51.4 Å². The molecular weight excluding hydrogens is 264 g/mol. The summed E-state index contributed by atoms with van der Waals surface area (Å²) >= 11 is 0. The number of rotatable bonds is 11. The molecule has 114 valence electrons. The first-order valence-electron chi connectivity index (χ1n) is 7.36. The lowest BCUT2D eigenvalue weighted by atomic mass is 10.1. The van der Waals surface area contributed by atoms with Gasteiger partial charge in [-0.15, -0.1) is 0 Å². The Hall–Kier alpha value is -1.14. The molecule has 0 aromatic carbocycles. The van der Waals surface area contributed by atoms with Crippen molar-refractivity contribution in [2.24, 2.45) is 0 Å². The Morgan fingerprint density at radius 2 is 1.10 bits per heavy atom. The van der Waals surface area contributed by atoms with E-state index in [0.29, 0.717) is 26.1 Å². The Bertz CT molecular complexity index is 290. The Balaban J connectivity index is 1.30. The maximum Gasteiger partial charge on any atom is 0.308 e. The second-order valence-corrected chi connectivity index (χ2v) is 5.13. The third kappa shape index (κ3) is 7.45. The number of esters is 2. The van der Waals surface area contributed by atoms with Crippen molar-refractivity contribution in [2.45, 2.75) is 63.9 Å². The van der Waals surface area contributed by atoms with Crippen LogP contribution in [0.25, 0.3) is 0 Å². The molecule has 0 aromatic rings. The van der Waals surface area contributed by atoms with E-state index in [1.54, 1.807) is 0 Å². The lowest BCUT2D eigenvalue weighted by Gasteiger charge is -2.03. The van der Waals surface area contributed by atoms with Gasteiger partial charge in [0.25, 0.3) is 0 Å². The molecule has 6 heteroatoms. The van der Waals surface area contributed by atoms with Gasteiger partial charge < -0.3 is 18.9 Å². The highest BCUT2D eigenvalue weighted by Gasteiger charge is 2.27. The second-order valence-electron chi connectivity index (χ2n) is 5.13. The quantitative estimate of drug-likeness (QED) is 0.328. The summed E-state index contributed by atoms with van der Waals surface area (Å²) in [4.78, 5) is 22.5. The molecular formula is C14H22O6. The number of ether oxygens (including phenoxy) is 4. The SMILES string of the molecule is O=C(CCCCCCCCC(=O)OC1CO1)OC1CO1. The van der Waals surface area contributed by atoms with Crippen molar-refractivity contribution in [3.63, 3.8) is 0 Å². The van der Waals surface area contributed by atoms with E-state index < -0.39 is 0 Å². The molecule has 2 heterocycles. The molecule has 0 saturated carbocycles. The summed E-state index contributed by atoms with van der Waals surface area (Å²) in [5.41, 5.74) is 0. The van der Waals surface area contributed by atoms with Crippen molar-refractivity contribution >= 4 is 11.9 Å². The van der Waals surface area contributed by atoms with E-state index in [-0.39, 0.29) is 24.5 Å².